The summed E-state index contributed by atoms with van der Waals surface area (Å²) in [4.78, 5) is 48.3. The molecule has 232 valence electrons. The fourth-order valence-corrected chi connectivity index (χ4v) is 8.46. The lowest BCUT2D eigenvalue weighted by atomic mass is 9.95. The molecule has 0 bridgehead atoms. The maximum Gasteiger partial charge on any atom is 0.417 e. The van der Waals surface area contributed by atoms with Gasteiger partial charge in [-0.25, -0.2) is 9.18 Å². The Morgan fingerprint density at radius 3 is 2.57 bits per heavy atom. The summed E-state index contributed by atoms with van der Waals surface area (Å²) in [5, 5.41) is 0.115. The molecule has 1 fully saturated rings. The highest BCUT2D eigenvalue weighted by Crippen LogP contribution is 2.51. The van der Waals surface area contributed by atoms with Crippen molar-refractivity contribution < 1.29 is 27.1 Å². The lowest BCUT2D eigenvalue weighted by Gasteiger charge is -2.45. The fraction of sp³-hybridized carbons (Fsp3) is 0.379. The van der Waals surface area contributed by atoms with Gasteiger partial charge in [0.2, 0.25) is 5.91 Å². The number of H-pyrrole nitrogens is 1. The first kappa shape index (κ1) is 30.3. The second-order valence-electron chi connectivity index (χ2n) is 10.9. The van der Waals surface area contributed by atoms with Gasteiger partial charge in [-0.3, -0.25) is 14.2 Å². The first-order chi connectivity index (χ1) is 20.8. The van der Waals surface area contributed by atoms with E-state index in [-0.39, 0.29) is 86.4 Å². The van der Waals surface area contributed by atoms with E-state index in [2.05, 4.69) is 16.5 Å². The van der Waals surface area contributed by atoms with Crippen molar-refractivity contribution in [2.45, 2.75) is 43.0 Å². The maximum absolute atomic E-state index is 15.0. The number of thioether (sulfide) groups is 1. The van der Waals surface area contributed by atoms with E-state index in [0.717, 1.165) is 23.9 Å². The molecule has 2 aromatic carbocycles. The van der Waals surface area contributed by atoms with Crippen molar-refractivity contribution in [3.63, 3.8) is 0 Å². The van der Waals surface area contributed by atoms with Crippen LogP contribution in [0, 0.1) is 5.82 Å². The summed E-state index contributed by atoms with van der Waals surface area (Å²) in [6.07, 6.45) is -3.65. The Labute approximate surface area is 256 Å². The Hall–Kier alpha value is -3.69. The van der Waals surface area contributed by atoms with E-state index in [0.29, 0.717) is 11.3 Å². The number of nitrogens with one attached hydrogen (secondary N) is 1. The number of nitrogens with zero attached hydrogens (tertiary/aromatic N) is 4. The second kappa shape index (κ2) is 11.0. The number of rotatable bonds is 5. The number of ether oxygens (including phenoxy) is 1. The predicted octanol–water partition coefficient (Wildman–Crippen LogP) is 5.03. The van der Waals surface area contributed by atoms with Crippen LogP contribution in [0.3, 0.4) is 0 Å². The van der Waals surface area contributed by atoms with Crippen LogP contribution < -0.4 is 15.5 Å². The SMILES string of the molecule is C=CC(=O)N1C(C)CN(c2nc(=O)n3c4c(c(-c5ccc(F)c6sc(=O)[nH]c56)c(C(F)(F)F)cc24)SCC3COC)CC1C. The van der Waals surface area contributed by atoms with Crippen LogP contribution in [0.5, 0.6) is 0 Å². The molecule has 3 unspecified atom stereocenters. The molecular formula is C29H27F4N5O4S2. The van der Waals surface area contributed by atoms with Crippen molar-refractivity contribution in [1.82, 2.24) is 19.4 Å². The zero-order valence-corrected chi connectivity index (χ0v) is 25.5. The molecule has 1 N–H and O–H groups in total. The van der Waals surface area contributed by atoms with Gasteiger partial charge in [-0.15, -0.1) is 11.8 Å². The summed E-state index contributed by atoms with van der Waals surface area (Å²) in [5.41, 5.74) is -1.71. The summed E-state index contributed by atoms with van der Waals surface area (Å²) in [6, 6.07) is 2.02. The van der Waals surface area contributed by atoms with Gasteiger partial charge in [0.15, 0.2) is 0 Å². The van der Waals surface area contributed by atoms with Gasteiger partial charge in [-0.1, -0.05) is 17.9 Å². The largest absolute Gasteiger partial charge is 0.417 e. The number of piperazine rings is 1. The molecule has 2 aliphatic heterocycles. The highest BCUT2D eigenvalue weighted by Gasteiger charge is 2.41. The number of thiazole rings is 1. The number of benzene rings is 2. The van der Waals surface area contributed by atoms with Crippen molar-refractivity contribution >= 4 is 55.9 Å². The smallest absolute Gasteiger partial charge is 0.383 e. The fourth-order valence-electron chi connectivity index (χ4n) is 6.38. The van der Waals surface area contributed by atoms with Gasteiger partial charge in [0, 0.05) is 59.4 Å². The minimum Gasteiger partial charge on any atom is -0.383 e. The number of hydrogen-bond donors (Lipinski definition) is 1. The quantitative estimate of drug-likeness (QED) is 0.239. The first-order valence-electron chi connectivity index (χ1n) is 13.7. The number of anilines is 1. The number of alkyl halides is 3. The third kappa shape index (κ3) is 4.81. The predicted molar refractivity (Wildman–Crippen MR) is 162 cm³/mol. The molecule has 4 aromatic rings. The van der Waals surface area contributed by atoms with Crippen molar-refractivity contribution in [3.05, 3.63) is 62.4 Å². The van der Waals surface area contributed by atoms with E-state index < -0.39 is 34.2 Å². The van der Waals surface area contributed by atoms with Crippen LogP contribution in [0.4, 0.5) is 23.4 Å². The average molecular weight is 650 g/mol. The number of fused-ring (bicyclic) bond motifs is 1. The normalized spacial score (nSPS) is 20.5. The van der Waals surface area contributed by atoms with Gasteiger partial charge in [0.05, 0.1) is 33.9 Å². The van der Waals surface area contributed by atoms with E-state index in [9.17, 15) is 18.8 Å². The summed E-state index contributed by atoms with van der Waals surface area (Å²) in [7, 11) is 1.47. The lowest BCUT2D eigenvalue weighted by molar-refractivity contribution is -0.137. The number of halogens is 4. The molecule has 1 amide bonds. The van der Waals surface area contributed by atoms with Crippen LogP contribution >= 0.6 is 23.1 Å². The average Bonchev–Trinajstić information content (AvgIpc) is 3.36. The van der Waals surface area contributed by atoms with Crippen molar-refractivity contribution in [1.29, 1.82) is 0 Å². The second-order valence-corrected chi connectivity index (χ2v) is 12.9. The Balaban J connectivity index is 1.69. The standard InChI is InChI=1S/C29H27F4N5O4S2/c1-5-20(39)37-13(2)9-36(10-14(37)3)26-17-8-18(29(31,32)33)21(16-6-7-19(30)24-22(16)34-28(41)44-24)25-23(17)38(27(40)35-26)15(11-42-4)12-43-25/h5-8,13-15H,1,9-12H2,2-4H3,(H,34,41). The van der Waals surface area contributed by atoms with E-state index in [1.54, 1.807) is 9.80 Å². The highest BCUT2D eigenvalue weighted by molar-refractivity contribution is 7.99. The first-order valence-corrected chi connectivity index (χ1v) is 15.5. The Morgan fingerprint density at radius 2 is 1.93 bits per heavy atom. The highest BCUT2D eigenvalue weighted by atomic mass is 32.2. The molecule has 0 spiro atoms. The summed E-state index contributed by atoms with van der Waals surface area (Å²) in [5.74, 6) is -0.708. The summed E-state index contributed by atoms with van der Waals surface area (Å²) < 4.78 is 66.3. The van der Waals surface area contributed by atoms with Crippen LogP contribution in [0.2, 0.25) is 0 Å². The molecule has 2 aromatic heterocycles. The topological polar surface area (TPSA) is 101 Å². The van der Waals surface area contributed by atoms with Crippen LogP contribution in [0.15, 0.2) is 45.3 Å². The van der Waals surface area contributed by atoms with Crippen molar-refractivity contribution in [3.8, 4) is 11.1 Å². The number of carbonyl (C=O) groups excluding carboxylic acids is 1. The molecular weight excluding hydrogens is 622 g/mol. The number of aromatic nitrogens is 3. The monoisotopic (exact) mass is 649 g/mol. The molecule has 6 rings (SSSR count). The molecule has 2 aliphatic rings. The third-order valence-electron chi connectivity index (χ3n) is 8.04. The molecule has 1 saturated heterocycles. The molecule has 4 heterocycles. The van der Waals surface area contributed by atoms with Crippen LogP contribution in [-0.4, -0.2) is 70.0 Å². The molecule has 0 aliphatic carbocycles. The third-order valence-corrected chi connectivity index (χ3v) is 10.2. The van der Waals surface area contributed by atoms with E-state index in [4.69, 9.17) is 4.74 Å². The molecule has 0 radical (unpaired) electrons. The van der Waals surface area contributed by atoms with E-state index in [1.165, 1.54) is 23.8 Å². The number of hydrogen-bond acceptors (Lipinski definition) is 8. The lowest BCUT2D eigenvalue weighted by Crippen LogP contribution is -2.58. The Bertz CT molecular complexity index is 1940. The Morgan fingerprint density at radius 1 is 1.23 bits per heavy atom. The molecule has 15 heteroatoms. The summed E-state index contributed by atoms with van der Waals surface area (Å²) >= 11 is 1.71. The van der Waals surface area contributed by atoms with Gasteiger partial charge in [0.25, 0.3) is 0 Å². The zero-order chi connectivity index (χ0) is 31.7. The van der Waals surface area contributed by atoms with Crippen LogP contribution in [0.25, 0.3) is 32.2 Å². The van der Waals surface area contributed by atoms with Gasteiger partial charge >= 0.3 is 16.7 Å². The van der Waals surface area contributed by atoms with Gasteiger partial charge in [0.1, 0.15) is 11.6 Å². The minimum absolute atomic E-state index is 0.00201. The van der Waals surface area contributed by atoms with E-state index >= 15 is 13.2 Å². The molecule has 44 heavy (non-hydrogen) atoms. The maximum atomic E-state index is 15.0. The van der Waals surface area contributed by atoms with Crippen LogP contribution in [0.1, 0.15) is 25.5 Å². The number of carbonyl (C=O) groups is 1. The summed E-state index contributed by atoms with van der Waals surface area (Å²) in [6.45, 7) is 7.75. The molecule has 0 saturated carbocycles. The van der Waals surface area contributed by atoms with Crippen molar-refractivity contribution in [2.24, 2.45) is 0 Å². The molecule has 3 atom stereocenters. The van der Waals surface area contributed by atoms with Crippen LogP contribution in [-0.2, 0) is 15.7 Å². The van der Waals surface area contributed by atoms with Gasteiger partial charge < -0.3 is 19.5 Å². The van der Waals surface area contributed by atoms with Crippen molar-refractivity contribution in [2.75, 3.05) is 37.5 Å². The number of amides is 1. The minimum atomic E-state index is -4.87. The number of aromatic amines is 1. The van der Waals surface area contributed by atoms with E-state index in [1.807, 2.05) is 13.8 Å². The number of methoxy groups -OCH3 is 1. The molecule has 9 nitrogen and oxygen atoms in total. The Kier molecular flexibility index (Phi) is 7.61. The van der Waals surface area contributed by atoms with Gasteiger partial charge in [-0.2, -0.15) is 18.2 Å². The zero-order valence-electron chi connectivity index (χ0n) is 23.8. The van der Waals surface area contributed by atoms with Gasteiger partial charge in [-0.05, 0) is 38.1 Å².